The molecular weight excluding hydrogens is 464 g/mol. The van der Waals surface area contributed by atoms with Gasteiger partial charge in [0.2, 0.25) is 5.60 Å². The number of amides is 1. The van der Waals surface area contributed by atoms with Crippen LogP contribution in [0.25, 0.3) is 0 Å². The molecule has 192 valence electrons. The first-order chi connectivity index (χ1) is 18.0. The Labute approximate surface area is 218 Å². The molecule has 3 fully saturated rings. The molecule has 0 spiro atoms. The molecule has 6 rings (SSSR count). The summed E-state index contributed by atoms with van der Waals surface area (Å²) in [6.45, 7) is 4.42. The molecule has 1 atom stereocenters. The van der Waals surface area contributed by atoms with Crippen LogP contribution in [0.2, 0.25) is 0 Å². The molecule has 3 saturated heterocycles. The van der Waals surface area contributed by atoms with Crippen LogP contribution in [0.15, 0.2) is 91.0 Å². The molecular formula is C31H35N2O4+. The maximum Gasteiger partial charge on any atom is 0.348 e. The van der Waals surface area contributed by atoms with E-state index < -0.39 is 11.6 Å². The van der Waals surface area contributed by atoms with Crippen molar-refractivity contribution in [2.24, 2.45) is 5.92 Å². The Balaban J connectivity index is 1.24. The summed E-state index contributed by atoms with van der Waals surface area (Å²) in [4.78, 5) is 26.0. The molecule has 6 nitrogen and oxygen atoms in total. The van der Waals surface area contributed by atoms with Gasteiger partial charge < -0.3 is 19.6 Å². The molecule has 0 aliphatic carbocycles. The molecule has 3 aliphatic rings. The Hall–Kier alpha value is -3.48. The highest BCUT2D eigenvalue weighted by Crippen LogP contribution is 2.38. The fourth-order valence-electron chi connectivity index (χ4n) is 5.96. The fourth-order valence-corrected chi connectivity index (χ4v) is 5.96. The number of nitrogens with zero attached hydrogens (tertiary/aromatic N) is 1. The van der Waals surface area contributed by atoms with Gasteiger partial charge in [0.15, 0.2) is 6.10 Å². The standard InChI is InChI=1S/C31H34N2O4/c34-29(25-11-4-1-5-12-25)32-19-10-20-33-21-17-24(18-22-33)28(23-33)37-30(35)31(36,26-13-6-2-7-14-26)27-15-8-3-9-16-27/h1-9,11-16,24,28,36H,10,17-23H2/p+1/t24?,28-,33?/m0/s1. The summed E-state index contributed by atoms with van der Waals surface area (Å²) in [5, 5.41) is 14.8. The van der Waals surface area contributed by atoms with Crippen LogP contribution < -0.4 is 5.32 Å². The van der Waals surface area contributed by atoms with Crippen molar-refractivity contribution in [1.29, 1.82) is 0 Å². The highest BCUT2D eigenvalue weighted by atomic mass is 16.6. The van der Waals surface area contributed by atoms with E-state index >= 15 is 0 Å². The predicted octanol–water partition coefficient (Wildman–Crippen LogP) is 3.89. The maximum atomic E-state index is 13.7. The van der Waals surface area contributed by atoms with E-state index in [-0.39, 0.29) is 12.0 Å². The number of benzene rings is 3. The summed E-state index contributed by atoms with van der Waals surface area (Å²) in [6.07, 6.45) is 2.64. The average Bonchev–Trinajstić information content (AvgIpc) is 2.96. The number of ether oxygens (including phenoxy) is 1. The Bertz CT molecular complexity index is 1150. The third kappa shape index (κ3) is 5.31. The van der Waals surface area contributed by atoms with Crippen molar-refractivity contribution >= 4 is 11.9 Å². The zero-order chi connectivity index (χ0) is 25.7. The summed E-state index contributed by atoms with van der Waals surface area (Å²) in [6, 6.07) is 27.3. The third-order valence-corrected chi connectivity index (χ3v) is 8.11. The first kappa shape index (κ1) is 25.2. The fraction of sp³-hybridized carbons (Fsp3) is 0.355. The predicted molar refractivity (Wildman–Crippen MR) is 142 cm³/mol. The van der Waals surface area contributed by atoms with E-state index in [0.717, 1.165) is 49.9 Å². The molecule has 2 N–H and O–H groups in total. The van der Waals surface area contributed by atoms with E-state index in [0.29, 0.717) is 29.2 Å². The van der Waals surface area contributed by atoms with Gasteiger partial charge in [-0.15, -0.1) is 0 Å². The van der Waals surface area contributed by atoms with E-state index in [1.165, 1.54) is 0 Å². The van der Waals surface area contributed by atoms with E-state index in [1.807, 2.05) is 66.7 Å². The number of nitrogens with one attached hydrogen (secondary N) is 1. The molecule has 0 saturated carbocycles. The number of rotatable bonds is 9. The van der Waals surface area contributed by atoms with Crippen molar-refractivity contribution in [2.75, 3.05) is 32.7 Å². The zero-order valence-electron chi connectivity index (χ0n) is 21.1. The van der Waals surface area contributed by atoms with Crippen LogP contribution in [0, 0.1) is 5.92 Å². The SMILES string of the molecule is O=C(NCCC[N+]12CCC(CC1)[C@@H](OC(=O)C(O)(c1ccccc1)c1ccccc1)C2)c1ccccc1. The number of quaternary nitrogens is 1. The van der Waals surface area contributed by atoms with Gasteiger partial charge in [0, 0.05) is 37.3 Å². The van der Waals surface area contributed by atoms with Gasteiger partial charge in [-0.25, -0.2) is 4.79 Å². The van der Waals surface area contributed by atoms with Gasteiger partial charge in [-0.1, -0.05) is 78.9 Å². The molecule has 37 heavy (non-hydrogen) atoms. The van der Waals surface area contributed by atoms with Crippen molar-refractivity contribution in [2.45, 2.75) is 31.0 Å². The van der Waals surface area contributed by atoms with E-state index in [9.17, 15) is 14.7 Å². The summed E-state index contributed by atoms with van der Waals surface area (Å²) >= 11 is 0. The van der Waals surface area contributed by atoms with Crippen LogP contribution in [-0.2, 0) is 15.1 Å². The van der Waals surface area contributed by atoms with Crippen molar-refractivity contribution in [1.82, 2.24) is 5.32 Å². The third-order valence-electron chi connectivity index (χ3n) is 8.11. The monoisotopic (exact) mass is 499 g/mol. The van der Waals surface area contributed by atoms with Gasteiger partial charge in [0.1, 0.15) is 6.54 Å². The number of hydrogen-bond donors (Lipinski definition) is 2. The van der Waals surface area contributed by atoms with Gasteiger partial charge in [0.05, 0.1) is 19.6 Å². The van der Waals surface area contributed by atoms with Crippen molar-refractivity contribution < 1.29 is 23.9 Å². The number of aliphatic hydroxyl groups is 1. The second kappa shape index (κ2) is 10.9. The Morgan fingerprint density at radius 2 is 1.41 bits per heavy atom. The molecule has 1 amide bonds. The number of hydrogen-bond acceptors (Lipinski definition) is 4. The lowest BCUT2D eigenvalue weighted by atomic mass is 9.82. The van der Waals surface area contributed by atoms with Crippen LogP contribution in [0.5, 0.6) is 0 Å². The lowest BCUT2D eigenvalue weighted by Crippen LogP contribution is -2.65. The van der Waals surface area contributed by atoms with Gasteiger partial charge in [-0.2, -0.15) is 0 Å². The van der Waals surface area contributed by atoms with Gasteiger partial charge >= 0.3 is 5.97 Å². The summed E-state index contributed by atoms with van der Waals surface area (Å²) < 4.78 is 7.05. The van der Waals surface area contributed by atoms with Crippen LogP contribution in [0.1, 0.15) is 40.7 Å². The molecule has 3 aromatic carbocycles. The minimum Gasteiger partial charge on any atom is -0.453 e. The highest BCUT2D eigenvalue weighted by Gasteiger charge is 2.50. The summed E-state index contributed by atoms with van der Waals surface area (Å²) in [5.41, 5.74) is -0.179. The number of fused-ring (bicyclic) bond motifs is 3. The van der Waals surface area contributed by atoms with Gasteiger partial charge in [0.25, 0.3) is 5.91 Å². The Morgan fingerprint density at radius 3 is 1.97 bits per heavy atom. The van der Waals surface area contributed by atoms with E-state index in [4.69, 9.17) is 4.74 Å². The minimum absolute atomic E-state index is 0.0501. The normalized spacial score (nSPS) is 22.8. The van der Waals surface area contributed by atoms with Crippen LogP contribution in [-0.4, -0.2) is 60.3 Å². The largest absolute Gasteiger partial charge is 0.453 e. The Morgan fingerprint density at radius 1 is 0.865 bits per heavy atom. The van der Waals surface area contributed by atoms with Gasteiger partial charge in [-0.3, -0.25) is 4.79 Å². The second-order valence-corrected chi connectivity index (χ2v) is 10.4. The molecule has 3 aromatic rings. The molecule has 3 aliphatic heterocycles. The highest BCUT2D eigenvalue weighted by molar-refractivity contribution is 5.94. The van der Waals surface area contributed by atoms with Crippen molar-refractivity contribution in [3.05, 3.63) is 108 Å². The Kier molecular flexibility index (Phi) is 7.40. The lowest BCUT2D eigenvalue weighted by molar-refractivity contribution is -0.946. The van der Waals surface area contributed by atoms with E-state index in [2.05, 4.69) is 5.32 Å². The van der Waals surface area contributed by atoms with Crippen LogP contribution in [0.3, 0.4) is 0 Å². The lowest BCUT2D eigenvalue weighted by Gasteiger charge is -2.52. The first-order valence-corrected chi connectivity index (χ1v) is 13.2. The average molecular weight is 500 g/mol. The number of carbonyl (C=O) groups is 2. The molecule has 6 heteroatoms. The maximum absolute atomic E-state index is 13.7. The molecule has 2 bridgehead atoms. The molecule has 0 radical (unpaired) electrons. The second-order valence-electron chi connectivity index (χ2n) is 10.4. The smallest absolute Gasteiger partial charge is 0.348 e. The molecule has 0 aromatic heterocycles. The van der Waals surface area contributed by atoms with Crippen molar-refractivity contribution in [3.63, 3.8) is 0 Å². The van der Waals surface area contributed by atoms with Crippen LogP contribution in [0.4, 0.5) is 0 Å². The number of carbonyl (C=O) groups excluding carboxylic acids is 2. The molecule has 0 unspecified atom stereocenters. The summed E-state index contributed by atoms with van der Waals surface area (Å²) in [7, 11) is 0. The number of esters is 1. The zero-order valence-corrected chi connectivity index (χ0v) is 21.1. The topological polar surface area (TPSA) is 75.6 Å². The van der Waals surface area contributed by atoms with E-state index in [1.54, 1.807) is 24.3 Å². The molecule has 3 heterocycles. The summed E-state index contributed by atoms with van der Waals surface area (Å²) in [5.74, 6) is -0.347. The van der Waals surface area contributed by atoms with Crippen molar-refractivity contribution in [3.8, 4) is 0 Å². The number of piperidine rings is 3. The van der Waals surface area contributed by atoms with Crippen LogP contribution >= 0.6 is 0 Å². The van der Waals surface area contributed by atoms with Gasteiger partial charge in [-0.05, 0) is 23.3 Å². The minimum atomic E-state index is -1.86. The quantitative estimate of drug-likeness (QED) is 0.266. The first-order valence-electron chi connectivity index (χ1n) is 13.2.